The Kier molecular flexibility index (Phi) is 7.62. The van der Waals surface area contributed by atoms with Crippen LogP contribution in [0, 0.1) is 11.6 Å². The average Bonchev–Trinajstić information content (AvgIpc) is 2.61. The van der Waals surface area contributed by atoms with Gasteiger partial charge in [0.25, 0.3) is 0 Å². The number of nitrogens with zero attached hydrogens (tertiary/aromatic N) is 2. The topological polar surface area (TPSA) is 66.0 Å². The molecule has 0 atom stereocenters. The van der Waals surface area contributed by atoms with Gasteiger partial charge in [-0.3, -0.25) is 4.99 Å². The van der Waals surface area contributed by atoms with Gasteiger partial charge in [-0.25, -0.2) is 13.6 Å². The molecule has 1 aromatic carbocycles. The lowest BCUT2D eigenvalue weighted by molar-refractivity contribution is 0.0963. The van der Waals surface area contributed by atoms with E-state index in [2.05, 4.69) is 15.6 Å². The van der Waals surface area contributed by atoms with Gasteiger partial charge in [-0.1, -0.05) is 0 Å². The van der Waals surface area contributed by atoms with Gasteiger partial charge in [0.05, 0.1) is 6.61 Å². The number of halogens is 2. The first-order valence-electron chi connectivity index (χ1n) is 8.85. The van der Waals surface area contributed by atoms with Gasteiger partial charge in [-0.15, -0.1) is 0 Å². The summed E-state index contributed by atoms with van der Waals surface area (Å²) < 4.78 is 31.4. The molecule has 1 aromatic rings. The van der Waals surface area contributed by atoms with Crippen molar-refractivity contribution in [2.24, 2.45) is 4.99 Å². The molecule has 144 valence electrons. The number of carbonyl (C=O) groups is 1. The number of hydrogen-bond acceptors (Lipinski definition) is 3. The van der Waals surface area contributed by atoms with Gasteiger partial charge in [-0.05, 0) is 43.9 Å². The highest BCUT2D eigenvalue weighted by Gasteiger charge is 2.23. The van der Waals surface area contributed by atoms with Crippen molar-refractivity contribution < 1.29 is 18.3 Å². The van der Waals surface area contributed by atoms with Crippen LogP contribution in [0.4, 0.5) is 13.6 Å². The van der Waals surface area contributed by atoms with Crippen LogP contribution in [0.2, 0.25) is 0 Å². The second-order valence-corrected chi connectivity index (χ2v) is 6.13. The van der Waals surface area contributed by atoms with Crippen LogP contribution < -0.4 is 10.6 Å². The van der Waals surface area contributed by atoms with Crippen molar-refractivity contribution in [1.29, 1.82) is 0 Å². The van der Waals surface area contributed by atoms with Crippen molar-refractivity contribution in [3.63, 3.8) is 0 Å². The molecule has 8 heteroatoms. The quantitative estimate of drug-likeness (QED) is 0.618. The fourth-order valence-electron chi connectivity index (χ4n) is 2.89. The molecular formula is C18H26F2N4O2. The average molecular weight is 368 g/mol. The monoisotopic (exact) mass is 368 g/mol. The lowest BCUT2D eigenvalue weighted by Crippen LogP contribution is -2.50. The Hall–Kier alpha value is -2.38. The Morgan fingerprint density at radius 2 is 1.92 bits per heavy atom. The molecule has 1 aliphatic heterocycles. The summed E-state index contributed by atoms with van der Waals surface area (Å²) in [4.78, 5) is 17.6. The fourth-order valence-corrected chi connectivity index (χ4v) is 2.89. The molecule has 0 bridgehead atoms. The Bertz CT molecular complexity index is 611. The van der Waals surface area contributed by atoms with Crippen LogP contribution in [-0.2, 0) is 11.2 Å². The summed E-state index contributed by atoms with van der Waals surface area (Å²) in [6.45, 7) is 3.94. The number of guanidine groups is 1. The summed E-state index contributed by atoms with van der Waals surface area (Å²) in [6.07, 6.45) is 1.82. The van der Waals surface area contributed by atoms with Gasteiger partial charge >= 0.3 is 6.09 Å². The smallest absolute Gasteiger partial charge is 0.409 e. The highest BCUT2D eigenvalue weighted by molar-refractivity contribution is 5.80. The third-order valence-electron chi connectivity index (χ3n) is 4.21. The number of rotatable bonds is 5. The predicted molar refractivity (Wildman–Crippen MR) is 96.2 cm³/mol. The van der Waals surface area contributed by atoms with Crippen LogP contribution in [0.3, 0.4) is 0 Å². The molecular weight excluding hydrogens is 342 g/mol. The second-order valence-electron chi connectivity index (χ2n) is 6.13. The summed E-state index contributed by atoms with van der Waals surface area (Å²) >= 11 is 0. The Labute approximate surface area is 152 Å². The molecule has 0 aromatic heterocycles. The fraction of sp³-hybridized carbons (Fsp3) is 0.556. The maximum atomic E-state index is 13.2. The summed E-state index contributed by atoms with van der Waals surface area (Å²) in [5.41, 5.74) is 0.591. The zero-order valence-electron chi connectivity index (χ0n) is 15.2. The second kappa shape index (κ2) is 9.94. The van der Waals surface area contributed by atoms with Gasteiger partial charge < -0.3 is 20.3 Å². The van der Waals surface area contributed by atoms with E-state index in [1.165, 1.54) is 12.1 Å². The number of benzene rings is 1. The number of carbonyl (C=O) groups excluding carboxylic acids is 1. The largest absolute Gasteiger partial charge is 0.450 e. The summed E-state index contributed by atoms with van der Waals surface area (Å²) in [7, 11) is 1.67. The van der Waals surface area contributed by atoms with E-state index in [-0.39, 0.29) is 12.1 Å². The summed E-state index contributed by atoms with van der Waals surface area (Å²) in [5, 5.41) is 6.47. The SMILES string of the molecule is CCOC(=O)N1CCC(NC(=NC)NCCc2cc(F)cc(F)c2)CC1. The molecule has 1 aliphatic rings. The van der Waals surface area contributed by atoms with Crippen LogP contribution in [0.5, 0.6) is 0 Å². The standard InChI is InChI=1S/C18H26F2N4O2/c1-3-26-18(25)24-8-5-16(6-9-24)23-17(21-2)22-7-4-13-10-14(19)12-15(20)11-13/h10-12,16H,3-9H2,1-2H3,(H2,21,22,23). The Morgan fingerprint density at radius 1 is 1.27 bits per heavy atom. The molecule has 1 saturated heterocycles. The minimum absolute atomic E-state index is 0.207. The molecule has 2 rings (SSSR count). The normalized spacial score (nSPS) is 15.7. The number of likely N-dealkylation sites (tertiary alicyclic amines) is 1. The van der Waals surface area contributed by atoms with E-state index in [0.29, 0.717) is 44.2 Å². The van der Waals surface area contributed by atoms with E-state index >= 15 is 0 Å². The molecule has 26 heavy (non-hydrogen) atoms. The van der Waals surface area contributed by atoms with E-state index in [0.717, 1.165) is 18.9 Å². The molecule has 0 aliphatic carbocycles. The van der Waals surface area contributed by atoms with E-state index < -0.39 is 11.6 Å². The maximum Gasteiger partial charge on any atom is 0.409 e. The highest BCUT2D eigenvalue weighted by atomic mass is 19.1. The van der Waals surface area contributed by atoms with Crippen molar-refractivity contribution in [2.75, 3.05) is 33.3 Å². The highest BCUT2D eigenvalue weighted by Crippen LogP contribution is 2.11. The van der Waals surface area contributed by atoms with Gasteiger partial charge in [0, 0.05) is 38.8 Å². The molecule has 2 N–H and O–H groups in total. The summed E-state index contributed by atoms with van der Waals surface area (Å²) in [5.74, 6) is -0.511. The van der Waals surface area contributed by atoms with Crippen molar-refractivity contribution in [3.8, 4) is 0 Å². The van der Waals surface area contributed by atoms with Crippen LogP contribution in [0.15, 0.2) is 23.2 Å². The number of piperidine rings is 1. The number of ether oxygens (including phenoxy) is 1. The molecule has 0 unspecified atom stereocenters. The van der Waals surface area contributed by atoms with Crippen molar-refractivity contribution >= 4 is 12.1 Å². The minimum atomic E-state index is -0.573. The van der Waals surface area contributed by atoms with E-state index in [1.54, 1.807) is 18.9 Å². The van der Waals surface area contributed by atoms with E-state index in [4.69, 9.17) is 4.74 Å². The molecule has 1 heterocycles. The van der Waals surface area contributed by atoms with Crippen molar-refractivity contribution in [2.45, 2.75) is 32.2 Å². The molecule has 6 nitrogen and oxygen atoms in total. The summed E-state index contributed by atoms with van der Waals surface area (Å²) in [6, 6.07) is 3.72. The van der Waals surface area contributed by atoms with Crippen LogP contribution in [0.1, 0.15) is 25.3 Å². The van der Waals surface area contributed by atoms with Crippen molar-refractivity contribution in [1.82, 2.24) is 15.5 Å². The van der Waals surface area contributed by atoms with Gasteiger partial charge in [0.1, 0.15) is 11.6 Å². The molecule has 0 saturated carbocycles. The predicted octanol–water partition coefficient (Wildman–Crippen LogP) is 2.29. The van der Waals surface area contributed by atoms with Gasteiger partial charge in [0.2, 0.25) is 0 Å². The van der Waals surface area contributed by atoms with E-state index in [9.17, 15) is 13.6 Å². The maximum absolute atomic E-state index is 13.2. The van der Waals surface area contributed by atoms with Gasteiger partial charge in [-0.2, -0.15) is 0 Å². The molecule has 1 amide bonds. The number of aliphatic imine (C=N–C) groups is 1. The Morgan fingerprint density at radius 3 is 2.50 bits per heavy atom. The van der Waals surface area contributed by atoms with Crippen LogP contribution >= 0.6 is 0 Å². The van der Waals surface area contributed by atoms with E-state index in [1.807, 2.05) is 0 Å². The first-order chi connectivity index (χ1) is 12.5. The molecule has 1 fully saturated rings. The first-order valence-corrected chi connectivity index (χ1v) is 8.85. The third-order valence-corrected chi connectivity index (χ3v) is 4.21. The molecule has 0 radical (unpaired) electrons. The number of nitrogens with one attached hydrogen (secondary N) is 2. The van der Waals surface area contributed by atoms with Crippen LogP contribution in [0.25, 0.3) is 0 Å². The Balaban J connectivity index is 1.73. The molecule has 0 spiro atoms. The number of hydrogen-bond donors (Lipinski definition) is 2. The van der Waals surface area contributed by atoms with Crippen LogP contribution in [-0.4, -0.2) is 56.3 Å². The lowest BCUT2D eigenvalue weighted by atomic mass is 10.1. The lowest BCUT2D eigenvalue weighted by Gasteiger charge is -2.32. The number of amides is 1. The van der Waals surface area contributed by atoms with Crippen molar-refractivity contribution in [3.05, 3.63) is 35.4 Å². The third kappa shape index (κ3) is 6.16. The zero-order valence-corrected chi connectivity index (χ0v) is 15.2. The van der Waals surface area contributed by atoms with Gasteiger partial charge in [0.15, 0.2) is 5.96 Å². The first kappa shape index (κ1) is 19.9. The zero-order chi connectivity index (χ0) is 18.9. The minimum Gasteiger partial charge on any atom is -0.450 e.